The first-order chi connectivity index (χ1) is 5.86. The highest BCUT2D eigenvalue weighted by Crippen LogP contribution is 1.99. The van der Waals surface area contributed by atoms with Gasteiger partial charge in [0.15, 0.2) is 0 Å². The lowest BCUT2D eigenvalue weighted by atomic mass is 10.1. The molecule has 4 heteroatoms. The number of hydrogen-bond donors (Lipinski definition) is 2. The molecule has 0 aliphatic rings. The SMILES string of the molecule is N/N=C\c1cccc(/C=N/N)c1. The van der Waals surface area contributed by atoms with Crippen molar-refractivity contribution in [3.8, 4) is 0 Å². The molecule has 4 N–H and O–H groups in total. The van der Waals surface area contributed by atoms with Crippen LogP contribution in [0.25, 0.3) is 0 Å². The first kappa shape index (κ1) is 8.26. The van der Waals surface area contributed by atoms with Gasteiger partial charge in [0.25, 0.3) is 0 Å². The van der Waals surface area contributed by atoms with Gasteiger partial charge in [-0.3, -0.25) is 0 Å². The van der Waals surface area contributed by atoms with Gasteiger partial charge in [0.05, 0.1) is 12.4 Å². The summed E-state index contributed by atoms with van der Waals surface area (Å²) in [7, 11) is 0. The molecule has 62 valence electrons. The van der Waals surface area contributed by atoms with Crippen molar-refractivity contribution in [3.63, 3.8) is 0 Å². The zero-order valence-corrected chi connectivity index (χ0v) is 6.51. The molecule has 0 saturated carbocycles. The Labute approximate surface area is 70.6 Å². The second kappa shape index (κ2) is 4.12. The lowest BCUT2D eigenvalue weighted by molar-refractivity contribution is 1.26. The Kier molecular flexibility index (Phi) is 2.84. The third kappa shape index (κ3) is 2.09. The molecule has 0 atom stereocenters. The predicted molar refractivity (Wildman–Crippen MR) is 50.0 cm³/mol. The van der Waals surface area contributed by atoms with Gasteiger partial charge in [-0.25, -0.2) is 0 Å². The van der Waals surface area contributed by atoms with Gasteiger partial charge in [0.2, 0.25) is 0 Å². The number of hydrogen-bond acceptors (Lipinski definition) is 4. The van der Waals surface area contributed by atoms with Crippen LogP contribution in [-0.4, -0.2) is 12.4 Å². The number of nitrogens with zero attached hydrogens (tertiary/aromatic N) is 2. The molecule has 0 aliphatic carbocycles. The molecule has 0 radical (unpaired) electrons. The fraction of sp³-hybridized carbons (Fsp3) is 0. The number of hydrazone groups is 2. The van der Waals surface area contributed by atoms with Gasteiger partial charge in [-0.1, -0.05) is 18.2 Å². The van der Waals surface area contributed by atoms with Crippen LogP contribution in [0.1, 0.15) is 11.1 Å². The lowest BCUT2D eigenvalue weighted by Gasteiger charge is -1.93. The van der Waals surface area contributed by atoms with Gasteiger partial charge in [0.1, 0.15) is 0 Å². The van der Waals surface area contributed by atoms with Crippen LogP contribution in [0.5, 0.6) is 0 Å². The zero-order chi connectivity index (χ0) is 8.81. The van der Waals surface area contributed by atoms with Crippen LogP contribution >= 0.6 is 0 Å². The van der Waals surface area contributed by atoms with Crippen LogP contribution in [0.15, 0.2) is 34.5 Å². The number of rotatable bonds is 2. The van der Waals surface area contributed by atoms with Gasteiger partial charge in [-0.05, 0) is 17.2 Å². The van der Waals surface area contributed by atoms with Gasteiger partial charge in [-0.2, -0.15) is 10.2 Å². The molecular formula is C8H10N4. The van der Waals surface area contributed by atoms with E-state index in [1.54, 1.807) is 12.4 Å². The van der Waals surface area contributed by atoms with Crippen LogP contribution in [0, 0.1) is 0 Å². The van der Waals surface area contributed by atoms with Crippen molar-refractivity contribution in [3.05, 3.63) is 35.4 Å². The van der Waals surface area contributed by atoms with Crippen molar-refractivity contribution >= 4 is 12.4 Å². The van der Waals surface area contributed by atoms with E-state index in [0.29, 0.717) is 0 Å². The molecule has 0 bridgehead atoms. The van der Waals surface area contributed by atoms with Crippen LogP contribution in [-0.2, 0) is 0 Å². The molecule has 1 aromatic rings. The molecular weight excluding hydrogens is 152 g/mol. The van der Waals surface area contributed by atoms with Crippen molar-refractivity contribution in [2.75, 3.05) is 0 Å². The third-order valence-electron chi connectivity index (χ3n) is 1.36. The van der Waals surface area contributed by atoms with Crippen molar-refractivity contribution in [1.29, 1.82) is 0 Å². The number of nitrogens with two attached hydrogens (primary N) is 2. The highest BCUT2D eigenvalue weighted by molar-refractivity contribution is 5.85. The lowest BCUT2D eigenvalue weighted by Crippen LogP contribution is -1.90. The maximum atomic E-state index is 5.00. The summed E-state index contributed by atoms with van der Waals surface area (Å²) in [4.78, 5) is 0. The van der Waals surface area contributed by atoms with E-state index in [1.165, 1.54) is 0 Å². The predicted octanol–water partition coefficient (Wildman–Crippen LogP) is 0.272. The van der Waals surface area contributed by atoms with E-state index in [2.05, 4.69) is 10.2 Å². The van der Waals surface area contributed by atoms with E-state index in [9.17, 15) is 0 Å². The summed E-state index contributed by atoms with van der Waals surface area (Å²) < 4.78 is 0. The van der Waals surface area contributed by atoms with Crippen molar-refractivity contribution in [2.24, 2.45) is 21.9 Å². The molecule has 12 heavy (non-hydrogen) atoms. The molecule has 0 amide bonds. The van der Waals surface area contributed by atoms with E-state index in [1.807, 2.05) is 24.3 Å². The summed E-state index contributed by atoms with van der Waals surface area (Å²) in [5.74, 6) is 9.99. The maximum absolute atomic E-state index is 5.00. The Balaban J connectivity index is 2.95. The quantitative estimate of drug-likeness (QED) is 0.372. The molecule has 0 fully saturated rings. The Bertz CT molecular complexity index is 276. The minimum absolute atomic E-state index is 0.926. The van der Waals surface area contributed by atoms with E-state index in [-0.39, 0.29) is 0 Å². The molecule has 0 aliphatic heterocycles. The highest BCUT2D eigenvalue weighted by atomic mass is 15.1. The van der Waals surface area contributed by atoms with Crippen LogP contribution in [0.4, 0.5) is 0 Å². The van der Waals surface area contributed by atoms with Gasteiger partial charge < -0.3 is 11.7 Å². The second-order valence-electron chi connectivity index (χ2n) is 2.23. The topological polar surface area (TPSA) is 76.8 Å². The van der Waals surface area contributed by atoms with E-state index < -0.39 is 0 Å². The smallest absolute Gasteiger partial charge is 0.0538 e. The largest absolute Gasteiger partial charge is 0.323 e. The first-order valence-corrected chi connectivity index (χ1v) is 3.43. The van der Waals surface area contributed by atoms with E-state index >= 15 is 0 Å². The minimum Gasteiger partial charge on any atom is -0.323 e. The Morgan fingerprint density at radius 2 is 1.50 bits per heavy atom. The van der Waals surface area contributed by atoms with Crippen molar-refractivity contribution in [2.45, 2.75) is 0 Å². The van der Waals surface area contributed by atoms with Crippen molar-refractivity contribution in [1.82, 2.24) is 0 Å². The van der Waals surface area contributed by atoms with Gasteiger partial charge >= 0.3 is 0 Å². The molecule has 0 spiro atoms. The van der Waals surface area contributed by atoms with Crippen LogP contribution < -0.4 is 11.7 Å². The molecule has 0 aromatic heterocycles. The summed E-state index contributed by atoms with van der Waals surface area (Å²) >= 11 is 0. The fourth-order valence-electron chi connectivity index (χ4n) is 0.892. The third-order valence-corrected chi connectivity index (χ3v) is 1.36. The second-order valence-corrected chi connectivity index (χ2v) is 2.23. The maximum Gasteiger partial charge on any atom is 0.0538 e. The van der Waals surface area contributed by atoms with Crippen LogP contribution in [0.2, 0.25) is 0 Å². The summed E-state index contributed by atoms with van der Waals surface area (Å²) in [6.45, 7) is 0. The fourth-order valence-corrected chi connectivity index (χ4v) is 0.892. The van der Waals surface area contributed by atoms with Gasteiger partial charge in [0, 0.05) is 0 Å². The molecule has 1 rings (SSSR count). The Morgan fingerprint density at radius 3 is 1.92 bits per heavy atom. The average molecular weight is 162 g/mol. The molecule has 0 unspecified atom stereocenters. The van der Waals surface area contributed by atoms with Gasteiger partial charge in [-0.15, -0.1) is 0 Å². The summed E-state index contributed by atoms with van der Waals surface area (Å²) in [6, 6.07) is 7.55. The summed E-state index contributed by atoms with van der Waals surface area (Å²) in [5.41, 5.74) is 1.85. The van der Waals surface area contributed by atoms with E-state index in [4.69, 9.17) is 11.7 Å². The highest BCUT2D eigenvalue weighted by Gasteiger charge is 1.89. The minimum atomic E-state index is 0.926. The Hall–Kier alpha value is -1.84. The Morgan fingerprint density at radius 1 is 1.00 bits per heavy atom. The molecule has 4 nitrogen and oxygen atoms in total. The van der Waals surface area contributed by atoms with Crippen LogP contribution in [0.3, 0.4) is 0 Å². The standard InChI is InChI=1S/C8H10N4/c9-11-5-7-2-1-3-8(4-7)6-12-10/h1-6H,9-10H2/b11-5-,12-6+. The molecule has 0 heterocycles. The summed E-state index contributed by atoms with van der Waals surface area (Å²) in [5, 5.41) is 6.81. The number of benzene rings is 1. The molecule has 1 aromatic carbocycles. The van der Waals surface area contributed by atoms with E-state index in [0.717, 1.165) is 11.1 Å². The first-order valence-electron chi connectivity index (χ1n) is 3.43. The van der Waals surface area contributed by atoms with Crippen molar-refractivity contribution < 1.29 is 0 Å². The molecule has 0 saturated heterocycles. The monoisotopic (exact) mass is 162 g/mol. The summed E-state index contributed by atoms with van der Waals surface area (Å²) in [6.07, 6.45) is 3.13. The average Bonchev–Trinajstić information content (AvgIpc) is 2.06. The normalized spacial score (nSPS) is 11.3. The zero-order valence-electron chi connectivity index (χ0n) is 6.51.